The number of piperidine rings is 1. The lowest BCUT2D eigenvalue weighted by atomic mass is 9.48. The lowest BCUT2D eigenvalue weighted by Gasteiger charge is -2.65. The molecule has 2 bridgehead atoms. The predicted octanol–water partition coefficient (Wildman–Crippen LogP) is 2.49. The number of ketones is 1. The summed E-state index contributed by atoms with van der Waals surface area (Å²) in [5.41, 5.74) is 1.33. The molecule has 1 spiro atoms. The summed E-state index contributed by atoms with van der Waals surface area (Å²) >= 11 is 0. The lowest BCUT2D eigenvalue weighted by Crippen LogP contribution is -2.81. The Labute approximate surface area is 160 Å². The monoisotopic (exact) mass is 370 g/mol. The topological polar surface area (TPSA) is 55.8 Å². The molecule has 0 unspecified atom stereocenters. The van der Waals surface area contributed by atoms with E-state index in [9.17, 15) is 9.90 Å². The average molecular weight is 370 g/mol. The van der Waals surface area contributed by atoms with Gasteiger partial charge in [-0.05, 0) is 31.1 Å². The van der Waals surface area contributed by atoms with Gasteiger partial charge in [0.15, 0.2) is 23.4 Å². The average Bonchev–Trinajstić information content (AvgIpc) is 3.00. The van der Waals surface area contributed by atoms with Gasteiger partial charge in [0.2, 0.25) is 0 Å². The van der Waals surface area contributed by atoms with Gasteiger partial charge in [-0.2, -0.15) is 0 Å². The van der Waals surface area contributed by atoms with Gasteiger partial charge in [0.1, 0.15) is 11.6 Å². The van der Waals surface area contributed by atoms with Crippen LogP contribution in [0.1, 0.15) is 37.3 Å². The number of carbonyl (C=O) groups excluding carboxylic acids is 1. The van der Waals surface area contributed by atoms with Gasteiger partial charge in [-0.25, -0.2) is 0 Å². The fourth-order valence-electron chi connectivity index (χ4n) is 6.86. The van der Waals surface area contributed by atoms with Crippen LogP contribution in [0.4, 0.5) is 0 Å². The van der Waals surface area contributed by atoms with Crippen molar-refractivity contribution in [2.75, 3.05) is 26.7 Å². The van der Waals surface area contributed by atoms with Crippen LogP contribution in [-0.2, 0) is 21.4 Å². The molecule has 0 amide bonds. The van der Waals surface area contributed by atoms with Crippen LogP contribution >= 0.6 is 0 Å². The van der Waals surface area contributed by atoms with Gasteiger partial charge >= 0.3 is 0 Å². The molecule has 0 radical (unpaired) electrons. The van der Waals surface area contributed by atoms with E-state index < -0.39 is 17.1 Å². The van der Waals surface area contributed by atoms with E-state index in [4.69, 9.17) is 9.47 Å². The van der Waals surface area contributed by atoms with Crippen molar-refractivity contribution in [1.82, 2.24) is 0 Å². The Kier molecular flexibility index (Phi) is 3.43. The molecule has 1 saturated heterocycles. The summed E-state index contributed by atoms with van der Waals surface area (Å²) in [6.45, 7) is 8.49. The first kappa shape index (κ1) is 17.3. The molecule has 27 heavy (non-hydrogen) atoms. The molecular formula is C22H28NO4+. The number of hydrogen-bond donors (Lipinski definition) is 1. The maximum absolute atomic E-state index is 13.0. The number of likely N-dealkylation sites (tertiary alicyclic amines) is 1. The number of rotatable bonds is 4. The SMILES string of the molecule is C=CC[N@@+]1(C)CC[C@]23c4c5ccc(O)c4O[C@H]2C(=O)CC[C@@]3(OCC)[C@H]1C5. The van der Waals surface area contributed by atoms with Crippen molar-refractivity contribution in [3.05, 3.63) is 35.9 Å². The maximum atomic E-state index is 13.0. The number of ether oxygens (including phenoxy) is 2. The van der Waals surface area contributed by atoms with E-state index in [1.807, 2.05) is 19.1 Å². The zero-order chi connectivity index (χ0) is 19.0. The minimum absolute atomic E-state index is 0.142. The van der Waals surface area contributed by atoms with Crippen LogP contribution in [0.3, 0.4) is 0 Å². The smallest absolute Gasteiger partial charge is 0.174 e. The highest BCUT2D eigenvalue weighted by atomic mass is 16.5. The molecule has 144 valence electrons. The quantitative estimate of drug-likeness (QED) is 0.654. The molecule has 5 rings (SSSR count). The summed E-state index contributed by atoms with van der Waals surface area (Å²) in [7, 11) is 2.30. The van der Waals surface area contributed by atoms with E-state index >= 15 is 0 Å². The second-order valence-corrected chi connectivity index (χ2v) is 8.85. The molecule has 1 N–H and O–H groups in total. The van der Waals surface area contributed by atoms with Crippen molar-refractivity contribution in [2.45, 2.75) is 55.8 Å². The van der Waals surface area contributed by atoms with Crippen molar-refractivity contribution in [3.8, 4) is 11.5 Å². The first-order chi connectivity index (χ1) is 12.9. The largest absolute Gasteiger partial charge is 0.504 e. The number of Topliss-reactive ketones (excluding diaryl/α,β-unsaturated/α-hetero) is 1. The van der Waals surface area contributed by atoms with Gasteiger partial charge in [-0.15, -0.1) is 0 Å². The third-order valence-corrected chi connectivity index (χ3v) is 7.81. The second-order valence-electron chi connectivity index (χ2n) is 8.85. The molecular weight excluding hydrogens is 342 g/mol. The summed E-state index contributed by atoms with van der Waals surface area (Å²) in [4.78, 5) is 13.0. The number of carbonyl (C=O) groups is 1. The van der Waals surface area contributed by atoms with Crippen LogP contribution in [0.25, 0.3) is 0 Å². The third kappa shape index (κ3) is 1.80. The van der Waals surface area contributed by atoms with Crippen molar-refractivity contribution < 1.29 is 23.9 Å². The number of hydrogen-bond acceptors (Lipinski definition) is 4. The molecule has 0 aromatic heterocycles. The molecule has 5 nitrogen and oxygen atoms in total. The summed E-state index contributed by atoms with van der Waals surface area (Å²) in [6.07, 6.45) is 4.36. The van der Waals surface area contributed by atoms with Crippen LogP contribution in [-0.4, -0.2) is 59.9 Å². The normalized spacial score (nSPS) is 41.0. The van der Waals surface area contributed by atoms with Gasteiger partial charge in [-0.3, -0.25) is 4.79 Å². The minimum atomic E-state index is -0.542. The van der Waals surface area contributed by atoms with Gasteiger partial charge in [0, 0.05) is 31.4 Å². The molecule has 2 fully saturated rings. The van der Waals surface area contributed by atoms with Crippen LogP contribution < -0.4 is 4.74 Å². The van der Waals surface area contributed by atoms with Gasteiger partial charge in [0.25, 0.3) is 0 Å². The Bertz CT molecular complexity index is 851. The number of benzene rings is 1. The van der Waals surface area contributed by atoms with E-state index in [1.54, 1.807) is 6.07 Å². The van der Waals surface area contributed by atoms with E-state index in [0.29, 0.717) is 18.8 Å². The summed E-state index contributed by atoms with van der Waals surface area (Å²) in [6, 6.07) is 3.98. The zero-order valence-electron chi connectivity index (χ0n) is 16.2. The Hall–Kier alpha value is -1.85. The van der Waals surface area contributed by atoms with Crippen LogP contribution in [0.15, 0.2) is 24.8 Å². The zero-order valence-corrected chi connectivity index (χ0v) is 16.2. The molecule has 5 heteroatoms. The Morgan fingerprint density at radius 2 is 2.26 bits per heavy atom. The molecule has 1 saturated carbocycles. The van der Waals surface area contributed by atoms with Crippen molar-refractivity contribution in [3.63, 3.8) is 0 Å². The highest BCUT2D eigenvalue weighted by molar-refractivity contribution is 5.90. The van der Waals surface area contributed by atoms with E-state index in [2.05, 4.69) is 13.6 Å². The molecule has 5 atom stereocenters. The lowest BCUT2D eigenvalue weighted by molar-refractivity contribution is -0.944. The third-order valence-electron chi connectivity index (χ3n) is 7.81. The summed E-state index contributed by atoms with van der Waals surface area (Å²) < 4.78 is 13.8. The molecule has 4 aliphatic rings. The van der Waals surface area contributed by atoms with Crippen molar-refractivity contribution in [2.24, 2.45) is 0 Å². The van der Waals surface area contributed by atoms with E-state index in [1.165, 1.54) is 5.56 Å². The highest BCUT2D eigenvalue weighted by Gasteiger charge is 2.77. The predicted molar refractivity (Wildman–Crippen MR) is 101 cm³/mol. The number of quaternary nitrogens is 1. The Morgan fingerprint density at radius 3 is 3.00 bits per heavy atom. The standard InChI is InChI=1S/C22H27NO4/c1-4-11-23(3)12-10-21-18-14-6-7-15(24)19(18)27-20(21)16(25)8-9-22(21,26-5-2)17(23)13-14/h4,6-7,17,20H,1,5,8-13H2,2-3H3/p+1/t17-,20+,21+,22-,23+/m1/s1. The summed E-state index contributed by atoms with van der Waals surface area (Å²) in [5.74, 6) is 0.811. The molecule has 2 aliphatic carbocycles. The first-order valence-corrected chi connectivity index (χ1v) is 10.1. The van der Waals surface area contributed by atoms with E-state index in [0.717, 1.165) is 42.4 Å². The number of phenolic OH excluding ortho intramolecular Hbond substituents is 1. The number of aromatic hydroxyl groups is 1. The molecule has 1 aromatic rings. The Balaban J connectivity index is 1.83. The van der Waals surface area contributed by atoms with E-state index in [-0.39, 0.29) is 17.6 Å². The fraction of sp³-hybridized carbons (Fsp3) is 0.591. The second kappa shape index (κ2) is 5.36. The number of phenols is 1. The summed E-state index contributed by atoms with van der Waals surface area (Å²) in [5, 5.41) is 10.5. The van der Waals surface area contributed by atoms with Gasteiger partial charge < -0.3 is 19.1 Å². The first-order valence-electron chi connectivity index (χ1n) is 10.1. The highest BCUT2D eigenvalue weighted by Crippen LogP contribution is 2.66. The van der Waals surface area contributed by atoms with Gasteiger partial charge in [0.05, 0.1) is 25.6 Å². The molecule has 2 heterocycles. The minimum Gasteiger partial charge on any atom is -0.504 e. The van der Waals surface area contributed by atoms with Crippen LogP contribution in [0.5, 0.6) is 11.5 Å². The fourth-order valence-corrected chi connectivity index (χ4v) is 6.86. The molecule has 2 aliphatic heterocycles. The van der Waals surface area contributed by atoms with Crippen LogP contribution in [0.2, 0.25) is 0 Å². The number of nitrogens with zero attached hydrogens (tertiary/aromatic N) is 1. The van der Waals surface area contributed by atoms with Crippen molar-refractivity contribution >= 4 is 5.78 Å². The molecule has 1 aromatic carbocycles. The van der Waals surface area contributed by atoms with Crippen LogP contribution in [0, 0.1) is 0 Å². The van der Waals surface area contributed by atoms with Gasteiger partial charge in [-0.1, -0.05) is 12.6 Å². The maximum Gasteiger partial charge on any atom is 0.174 e. The van der Waals surface area contributed by atoms with Crippen molar-refractivity contribution in [1.29, 1.82) is 0 Å². The number of likely N-dealkylation sites (N-methyl/N-ethyl adjacent to an activating group) is 1. The Morgan fingerprint density at radius 1 is 1.44 bits per heavy atom.